The van der Waals surface area contributed by atoms with Gasteiger partial charge in [0.1, 0.15) is 5.82 Å². The standard InChI is InChI=1S/C17H19N5O2/c1-11(23)21-8-6-12-9-13(4-5-14(12)21)17(24)18-10-16-20-19-15-3-2-7-22(15)16/h4-5,9H,2-3,6-8,10H2,1H3,(H,18,24). The molecule has 2 aromatic rings. The van der Waals surface area contributed by atoms with Crippen LogP contribution in [0.2, 0.25) is 0 Å². The smallest absolute Gasteiger partial charge is 0.251 e. The Morgan fingerprint density at radius 1 is 1.21 bits per heavy atom. The van der Waals surface area contributed by atoms with Gasteiger partial charge in [-0.05, 0) is 36.6 Å². The van der Waals surface area contributed by atoms with Crippen molar-refractivity contribution in [2.45, 2.75) is 39.3 Å². The summed E-state index contributed by atoms with van der Waals surface area (Å²) in [5, 5.41) is 11.2. The summed E-state index contributed by atoms with van der Waals surface area (Å²) in [5.74, 6) is 1.71. The molecule has 0 spiro atoms. The highest BCUT2D eigenvalue weighted by molar-refractivity contribution is 5.97. The SMILES string of the molecule is CC(=O)N1CCc2cc(C(=O)NCc3nnc4n3CCC4)ccc21. The molecule has 4 rings (SSSR count). The Morgan fingerprint density at radius 3 is 2.92 bits per heavy atom. The number of aryl methyl sites for hydroxylation is 1. The molecule has 2 amide bonds. The van der Waals surface area contributed by atoms with Crippen LogP contribution in [0, 0.1) is 0 Å². The number of nitrogens with one attached hydrogen (secondary N) is 1. The minimum absolute atomic E-state index is 0.0339. The summed E-state index contributed by atoms with van der Waals surface area (Å²) in [7, 11) is 0. The molecule has 1 aromatic carbocycles. The van der Waals surface area contributed by atoms with E-state index in [4.69, 9.17) is 0 Å². The maximum absolute atomic E-state index is 12.4. The normalized spacial score (nSPS) is 15.3. The van der Waals surface area contributed by atoms with Crippen LogP contribution in [0.4, 0.5) is 5.69 Å². The van der Waals surface area contributed by atoms with Gasteiger partial charge in [-0.15, -0.1) is 10.2 Å². The molecule has 0 fully saturated rings. The van der Waals surface area contributed by atoms with Crippen molar-refractivity contribution in [3.63, 3.8) is 0 Å². The summed E-state index contributed by atoms with van der Waals surface area (Å²) >= 11 is 0. The van der Waals surface area contributed by atoms with Crippen molar-refractivity contribution >= 4 is 17.5 Å². The zero-order chi connectivity index (χ0) is 16.7. The Labute approximate surface area is 139 Å². The predicted octanol–water partition coefficient (Wildman–Crippen LogP) is 1.06. The molecule has 1 aromatic heterocycles. The Bertz CT molecular complexity index is 826. The minimum Gasteiger partial charge on any atom is -0.345 e. The molecule has 0 bridgehead atoms. The van der Waals surface area contributed by atoms with Crippen LogP contribution in [0.15, 0.2) is 18.2 Å². The van der Waals surface area contributed by atoms with Gasteiger partial charge in [0.15, 0.2) is 5.82 Å². The van der Waals surface area contributed by atoms with E-state index in [2.05, 4.69) is 20.1 Å². The van der Waals surface area contributed by atoms with Crippen LogP contribution in [-0.4, -0.2) is 33.1 Å². The maximum atomic E-state index is 12.4. The number of nitrogens with zero attached hydrogens (tertiary/aromatic N) is 4. The van der Waals surface area contributed by atoms with E-state index in [9.17, 15) is 9.59 Å². The predicted molar refractivity (Wildman–Crippen MR) is 87.7 cm³/mol. The van der Waals surface area contributed by atoms with Crippen molar-refractivity contribution in [2.24, 2.45) is 0 Å². The molecule has 0 saturated carbocycles. The molecule has 2 aliphatic rings. The molecular weight excluding hydrogens is 306 g/mol. The fourth-order valence-electron chi connectivity index (χ4n) is 3.47. The molecule has 3 heterocycles. The fourth-order valence-corrected chi connectivity index (χ4v) is 3.47. The van der Waals surface area contributed by atoms with Crippen molar-refractivity contribution in [1.29, 1.82) is 0 Å². The Hall–Kier alpha value is -2.70. The highest BCUT2D eigenvalue weighted by Gasteiger charge is 2.23. The Morgan fingerprint density at radius 2 is 2.08 bits per heavy atom. The lowest BCUT2D eigenvalue weighted by Crippen LogP contribution is -2.26. The average Bonchev–Trinajstić information content (AvgIpc) is 3.27. The Balaban J connectivity index is 1.46. The van der Waals surface area contributed by atoms with Gasteiger partial charge in [0.05, 0.1) is 6.54 Å². The first kappa shape index (κ1) is 14.9. The van der Waals surface area contributed by atoms with E-state index in [-0.39, 0.29) is 11.8 Å². The van der Waals surface area contributed by atoms with Gasteiger partial charge in [0, 0.05) is 37.7 Å². The third-order valence-electron chi connectivity index (χ3n) is 4.71. The number of rotatable bonds is 3. The van der Waals surface area contributed by atoms with E-state index in [0.29, 0.717) is 18.7 Å². The van der Waals surface area contributed by atoms with Crippen LogP contribution < -0.4 is 10.2 Å². The topological polar surface area (TPSA) is 80.1 Å². The summed E-state index contributed by atoms with van der Waals surface area (Å²) in [4.78, 5) is 25.7. The van der Waals surface area contributed by atoms with Crippen LogP contribution in [-0.2, 0) is 30.7 Å². The summed E-state index contributed by atoms with van der Waals surface area (Å²) < 4.78 is 2.08. The minimum atomic E-state index is -0.130. The van der Waals surface area contributed by atoms with Gasteiger partial charge >= 0.3 is 0 Å². The van der Waals surface area contributed by atoms with E-state index < -0.39 is 0 Å². The van der Waals surface area contributed by atoms with Gasteiger partial charge in [-0.2, -0.15) is 0 Å². The number of benzene rings is 1. The van der Waals surface area contributed by atoms with Crippen LogP contribution >= 0.6 is 0 Å². The molecule has 0 saturated heterocycles. The zero-order valence-corrected chi connectivity index (χ0v) is 13.6. The van der Waals surface area contributed by atoms with Crippen molar-refractivity contribution in [2.75, 3.05) is 11.4 Å². The van der Waals surface area contributed by atoms with Crippen molar-refractivity contribution < 1.29 is 9.59 Å². The number of aromatic nitrogens is 3. The number of anilines is 1. The third-order valence-corrected chi connectivity index (χ3v) is 4.71. The lowest BCUT2D eigenvalue weighted by molar-refractivity contribution is -0.116. The molecule has 0 atom stereocenters. The molecule has 24 heavy (non-hydrogen) atoms. The van der Waals surface area contributed by atoms with Gasteiger partial charge in [-0.3, -0.25) is 9.59 Å². The number of fused-ring (bicyclic) bond motifs is 2. The maximum Gasteiger partial charge on any atom is 0.251 e. The molecule has 124 valence electrons. The second kappa shape index (κ2) is 5.74. The van der Waals surface area contributed by atoms with Crippen molar-refractivity contribution in [3.05, 3.63) is 41.0 Å². The van der Waals surface area contributed by atoms with E-state index in [0.717, 1.165) is 48.7 Å². The highest BCUT2D eigenvalue weighted by Crippen LogP contribution is 2.28. The third kappa shape index (κ3) is 2.46. The summed E-state index contributed by atoms with van der Waals surface area (Å²) in [6.45, 7) is 3.55. The van der Waals surface area contributed by atoms with Gasteiger partial charge in [-0.1, -0.05) is 0 Å². The van der Waals surface area contributed by atoms with E-state index in [1.165, 1.54) is 0 Å². The number of carbonyl (C=O) groups is 2. The number of hydrogen-bond acceptors (Lipinski definition) is 4. The number of hydrogen-bond donors (Lipinski definition) is 1. The first-order valence-electron chi connectivity index (χ1n) is 8.23. The summed E-state index contributed by atoms with van der Waals surface area (Å²) in [5.41, 5.74) is 2.57. The first-order valence-corrected chi connectivity index (χ1v) is 8.23. The van der Waals surface area contributed by atoms with E-state index in [1.807, 2.05) is 12.1 Å². The van der Waals surface area contributed by atoms with Gasteiger partial charge in [0.25, 0.3) is 5.91 Å². The fraction of sp³-hybridized carbons (Fsp3) is 0.412. The van der Waals surface area contributed by atoms with E-state index in [1.54, 1.807) is 17.9 Å². The zero-order valence-electron chi connectivity index (χ0n) is 13.6. The largest absolute Gasteiger partial charge is 0.345 e. The number of carbonyl (C=O) groups excluding carboxylic acids is 2. The van der Waals surface area contributed by atoms with Crippen LogP contribution in [0.25, 0.3) is 0 Å². The Kier molecular flexibility index (Phi) is 3.55. The molecule has 7 heteroatoms. The second-order valence-electron chi connectivity index (χ2n) is 6.23. The van der Waals surface area contributed by atoms with Gasteiger partial charge in [0.2, 0.25) is 5.91 Å². The molecular formula is C17H19N5O2. The second-order valence-corrected chi connectivity index (χ2v) is 6.23. The van der Waals surface area contributed by atoms with Crippen LogP contribution in [0.3, 0.4) is 0 Å². The quantitative estimate of drug-likeness (QED) is 0.915. The molecule has 7 nitrogen and oxygen atoms in total. The highest BCUT2D eigenvalue weighted by atomic mass is 16.2. The lowest BCUT2D eigenvalue weighted by Gasteiger charge is -2.14. The van der Waals surface area contributed by atoms with Gasteiger partial charge < -0.3 is 14.8 Å². The monoisotopic (exact) mass is 325 g/mol. The molecule has 1 N–H and O–H groups in total. The summed E-state index contributed by atoms with van der Waals surface area (Å²) in [6, 6.07) is 5.50. The van der Waals surface area contributed by atoms with Gasteiger partial charge in [-0.25, -0.2) is 0 Å². The molecule has 0 unspecified atom stereocenters. The van der Waals surface area contributed by atoms with Crippen molar-refractivity contribution in [1.82, 2.24) is 20.1 Å². The first-order chi connectivity index (χ1) is 11.6. The lowest BCUT2D eigenvalue weighted by atomic mass is 10.1. The molecule has 0 radical (unpaired) electrons. The summed E-state index contributed by atoms with van der Waals surface area (Å²) in [6.07, 6.45) is 2.83. The van der Waals surface area contributed by atoms with E-state index >= 15 is 0 Å². The number of amides is 2. The molecule has 2 aliphatic heterocycles. The van der Waals surface area contributed by atoms with Crippen LogP contribution in [0.5, 0.6) is 0 Å². The molecule has 0 aliphatic carbocycles. The van der Waals surface area contributed by atoms with Crippen molar-refractivity contribution in [3.8, 4) is 0 Å². The average molecular weight is 325 g/mol. The van der Waals surface area contributed by atoms with Crippen LogP contribution in [0.1, 0.15) is 40.9 Å².